The van der Waals surface area contributed by atoms with Gasteiger partial charge in [0.2, 0.25) is 0 Å². The van der Waals surface area contributed by atoms with Crippen molar-refractivity contribution >= 4 is 44.9 Å². The minimum atomic E-state index is 0.922. The molecule has 0 amide bonds. The summed E-state index contributed by atoms with van der Waals surface area (Å²) in [5, 5.41) is 2.44. The Bertz CT molecular complexity index is 1240. The average Bonchev–Trinajstić information content (AvgIpc) is 3.09. The van der Waals surface area contributed by atoms with Crippen molar-refractivity contribution in [3.63, 3.8) is 0 Å². The van der Waals surface area contributed by atoms with Crippen molar-refractivity contribution in [2.45, 2.75) is 0 Å². The van der Waals surface area contributed by atoms with Crippen molar-refractivity contribution < 1.29 is 0 Å². The number of rotatable bonds is 4. The normalized spacial score (nSPS) is 15.0. The van der Waals surface area contributed by atoms with Crippen LogP contribution < -0.4 is 9.80 Å². The highest BCUT2D eigenvalue weighted by Gasteiger charge is 2.27. The minimum Gasteiger partial charge on any atom is -0.378 e. The summed E-state index contributed by atoms with van der Waals surface area (Å²) in [6.07, 6.45) is 0. The molecule has 1 aliphatic carbocycles. The summed E-state index contributed by atoms with van der Waals surface area (Å²) in [4.78, 5) is 14.3. The summed E-state index contributed by atoms with van der Waals surface area (Å²) in [6, 6.07) is 29.4. The lowest BCUT2D eigenvalue weighted by atomic mass is 10.1. The fourth-order valence-electron chi connectivity index (χ4n) is 4.13. The highest BCUT2D eigenvalue weighted by atomic mass is 15.1. The number of nitrogens with zero attached hydrogens (tertiary/aromatic N) is 4. The van der Waals surface area contributed by atoms with Gasteiger partial charge in [0.05, 0.1) is 22.8 Å². The lowest BCUT2D eigenvalue weighted by Crippen LogP contribution is -2.10. The van der Waals surface area contributed by atoms with Crippen LogP contribution in [-0.2, 0) is 0 Å². The average molecular weight is 419 g/mol. The van der Waals surface area contributed by atoms with Gasteiger partial charge in [0.15, 0.2) is 0 Å². The van der Waals surface area contributed by atoms with Gasteiger partial charge in [-0.25, -0.2) is 9.98 Å². The van der Waals surface area contributed by atoms with Gasteiger partial charge in [0.1, 0.15) is 0 Å². The van der Waals surface area contributed by atoms with E-state index < -0.39 is 0 Å². The van der Waals surface area contributed by atoms with Gasteiger partial charge in [-0.3, -0.25) is 0 Å². The zero-order valence-electron chi connectivity index (χ0n) is 18.9. The molecule has 4 aromatic carbocycles. The SMILES string of the molecule is CN(C)c1ccc(N=C2C(=Nc3ccc(N(C)C)cc3)c3cccc4cccc2c34)cc1. The molecule has 0 unspecified atom stereocenters. The Kier molecular flexibility index (Phi) is 4.98. The van der Waals surface area contributed by atoms with Gasteiger partial charge in [-0.2, -0.15) is 0 Å². The first kappa shape index (κ1) is 20.0. The van der Waals surface area contributed by atoms with E-state index >= 15 is 0 Å². The molecule has 4 nitrogen and oxygen atoms in total. The van der Waals surface area contributed by atoms with E-state index in [-0.39, 0.29) is 0 Å². The molecule has 0 spiro atoms. The predicted molar refractivity (Wildman–Crippen MR) is 138 cm³/mol. The predicted octanol–water partition coefficient (Wildman–Crippen LogP) is 6.23. The number of aliphatic imine (C=N–C) groups is 2. The Morgan fingerprint density at radius 3 is 1.28 bits per heavy atom. The number of hydrogen-bond donors (Lipinski definition) is 0. The van der Waals surface area contributed by atoms with Crippen LogP contribution in [0.2, 0.25) is 0 Å². The Morgan fingerprint density at radius 2 is 0.906 bits per heavy atom. The summed E-state index contributed by atoms with van der Waals surface area (Å²) >= 11 is 0. The minimum absolute atomic E-state index is 0.922. The van der Waals surface area contributed by atoms with E-state index in [2.05, 4.69) is 94.7 Å². The molecule has 0 atom stereocenters. The maximum Gasteiger partial charge on any atom is 0.0978 e. The first-order chi connectivity index (χ1) is 15.5. The zero-order chi connectivity index (χ0) is 22.2. The second-order valence-corrected chi connectivity index (χ2v) is 8.45. The Labute approximate surface area is 189 Å². The van der Waals surface area contributed by atoms with Gasteiger partial charge in [0.25, 0.3) is 0 Å². The van der Waals surface area contributed by atoms with E-state index in [4.69, 9.17) is 9.98 Å². The quantitative estimate of drug-likeness (QED) is 0.393. The van der Waals surface area contributed by atoms with Gasteiger partial charge < -0.3 is 9.80 Å². The van der Waals surface area contributed by atoms with Crippen LogP contribution >= 0.6 is 0 Å². The standard InChI is InChI=1S/C28H26N4/c1-31(2)22-15-11-20(12-16-22)29-27-24-9-5-7-19-8-6-10-25(26(19)24)28(27)30-21-13-17-23(18-14-21)32(3)4/h5-18H,1-4H3. The summed E-state index contributed by atoms with van der Waals surface area (Å²) in [5.41, 5.74) is 8.27. The molecule has 0 saturated heterocycles. The maximum absolute atomic E-state index is 5.08. The van der Waals surface area contributed by atoms with Gasteiger partial charge in [-0.15, -0.1) is 0 Å². The van der Waals surface area contributed by atoms with E-state index in [1.807, 2.05) is 28.2 Å². The van der Waals surface area contributed by atoms with Crippen LogP contribution in [-0.4, -0.2) is 39.6 Å². The molecule has 0 heterocycles. The van der Waals surface area contributed by atoms with Crippen molar-refractivity contribution in [2.24, 2.45) is 9.98 Å². The number of anilines is 2. The topological polar surface area (TPSA) is 31.2 Å². The lowest BCUT2D eigenvalue weighted by molar-refractivity contribution is 1.13. The van der Waals surface area contributed by atoms with Gasteiger partial charge in [-0.05, 0) is 53.9 Å². The molecular formula is C28H26N4. The van der Waals surface area contributed by atoms with Gasteiger partial charge in [-0.1, -0.05) is 36.4 Å². The van der Waals surface area contributed by atoms with Crippen LogP contribution in [0.3, 0.4) is 0 Å². The van der Waals surface area contributed by atoms with Crippen molar-refractivity contribution in [3.8, 4) is 0 Å². The molecule has 0 bridgehead atoms. The third-order valence-corrected chi connectivity index (χ3v) is 5.85. The molecule has 4 aromatic rings. The Hall–Kier alpha value is -3.92. The largest absolute Gasteiger partial charge is 0.378 e. The van der Waals surface area contributed by atoms with E-state index in [0.717, 1.165) is 45.3 Å². The van der Waals surface area contributed by atoms with E-state index in [0.29, 0.717) is 0 Å². The molecule has 0 aromatic heterocycles. The van der Waals surface area contributed by atoms with Crippen LogP contribution in [0, 0.1) is 0 Å². The second kappa shape index (κ2) is 7.97. The highest BCUT2D eigenvalue weighted by molar-refractivity contribution is 6.61. The molecule has 0 saturated carbocycles. The number of benzene rings is 4. The fourth-order valence-corrected chi connectivity index (χ4v) is 4.13. The maximum atomic E-state index is 5.08. The van der Waals surface area contributed by atoms with Crippen LogP contribution in [0.15, 0.2) is 94.9 Å². The van der Waals surface area contributed by atoms with Crippen LogP contribution in [0.5, 0.6) is 0 Å². The van der Waals surface area contributed by atoms with Gasteiger partial charge >= 0.3 is 0 Å². The molecule has 158 valence electrons. The first-order valence-corrected chi connectivity index (χ1v) is 10.8. The van der Waals surface area contributed by atoms with Crippen LogP contribution in [0.4, 0.5) is 22.7 Å². The summed E-state index contributed by atoms with van der Waals surface area (Å²) in [6.45, 7) is 0. The van der Waals surface area contributed by atoms with Crippen LogP contribution in [0.25, 0.3) is 10.8 Å². The molecule has 0 radical (unpaired) electrons. The third-order valence-electron chi connectivity index (χ3n) is 5.85. The van der Waals surface area contributed by atoms with Crippen molar-refractivity contribution in [2.75, 3.05) is 38.0 Å². The lowest BCUT2D eigenvalue weighted by Gasteiger charge is -2.12. The fraction of sp³-hybridized carbons (Fsp3) is 0.143. The van der Waals surface area contributed by atoms with Crippen LogP contribution in [0.1, 0.15) is 11.1 Å². The molecule has 0 aliphatic heterocycles. The Balaban J connectivity index is 1.67. The molecule has 0 fully saturated rings. The van der Waals surface area contributed by atoms with E-state index in [9.17, 15) is 0 Å². The molecule has 32 heavy (non-hydrogen) atoms. The van der Waals surface area contributed by atoms with E-state index in [1.165, 1.54) is 10.8 Å². The highest BCUT2D eigenvalue weighted by Crippen LogP contribution is 2.34. The zero-order valence-corrected chi connectivity index (χ0v) is 18.9. The Morgan fingerprint density at radius 1 is 0.500 bits per heavy atom. The van der Waals surface area contributed by atoms with E-state index in [1.54, 1.807) is 0 Å². The summed E-state index contributed by atoms with van der Waals surface area (Å²) in [5.74, 6) is 0. The van der Waals surface area contributed by atoms with Crippen molar-refractivity contribution in [3.05, 3.63) is 96.1 Å². The third kappa shape index (κ3) is 3.54. The number of hydrogen-bond acceptors (Lipinski definition) is 4. The summed E-state index contributed by atoms with van der Waals surface area (Å²) in [7, 11) is 8.17. The monoisotopic (exact) mass is 418 g/mol. The smallest absolute Gasteiger partial charge is 0.0978 e. The molecule has 5 rings (SSSR count). The molecule has 0 N–H and O–H groups in total. The molecular weight excluding hydrogens is 392 g/mol. The van der Waals surface area contributed by atoms with Crippen molar-refractivity contribution in [1.82, 2.24) is 0 Å². The second-order valence-electron chi connectivity index (χ2n) is 8.45. The molecule has 4 heteroatoms. The van der Waals surface area contributed by atoms with Crippen molar-refractivity contribution in [1.29, 1.82) is 0 Å². The van der Waals surface area contributed by atoms with Gasteiger partial charge in [0, 0.05) is 56.1 Å². The summed E-state index contributed by atoms with van der Waals surface area (Å²) < 4.78 is 0. The first-order valence-electron chi connectivity index (χ1n) is 10.8. The molecule has 1 aliphatic rings.